The van der Waals surface area contributed by atoms with E-state index in [2.05, 4.69) is 27.7 Å². The van der Waals surface area contributed by atoms with Crippen molar-refractivity contribution in [2.24, 2.45) is 0 Å². The fourth-order valence-corrected chi connectivity index (χ4v) is 10.9. The number of carbonyl (C=O) groups is 2. The summed E-state index contributed by atoms with van der Waals surface area (Å²) in [6.45, 7) is 15.3. The van der Waals surface area contributed by atoms with E-state index in [9.17, 15) is 14.7 Å². The van der Waals surface area contributed by atoms with Crippen LogP contribution in [0.25, 0.3) is 0 Å². The molecule has 0 atom stereocenters. The van der Waals surface area contributed by atoms with Crippen molar-refractivity contribution >= 4 is 33.5 Å². The van der Waals surface area contributed by atoms with Crippen molar-refractivity contribution in [3.05, 3.63) is 59.7 Å². The maximum absolute atomic E-state index is 11.1. The first-order chi connectivity index (χ1) is 29.8. The Bertz CT molecular complexity index is 1180. The largest absolute Gasteiger partial charge is 0.545 e. The van der Waals surface area contributed by atoms with Crippen molar-refractivity contribution in [3.63, 3.8) is 0 Å². The van der Waals surface area contributed by atoms with Crippen molar-refractivity contribution < 1.29 is 24.3 Å². The van der Waals surface area contributed by atoms with Crippen LogP contribution in [0.1, 0.15) is 254 Å². The van der Waals surface area contributed by atoms with Crippen LogP contribution in [0.4, 0.5) is 0 Å². The van der Waals surface area contributed by atoms with Crippen molar-refractivity contribution in [2.45, 2.75) is 243 Å². The number of rotatable bonds is 41. The van der Waals surface area contributed by atoms with Gasteiger partial charge in [-0.05, 0) is 69.6 Å². The van der Waals surface area contributed by atoms with E-state index in [1.165, 1.54) is 270 Å². The van der Waals surface area contributed by atoms with Crippen LogP contribution in [0.5, 0.6) is 0 Å². The van der Waals surface area contributed by atoms with Gasteiger partial charge in [-0.1, -0.05) is 234 Å². The fourth-order valence-electron chi connectivity index (χ4n) is 8.51. The molecule has 0 bridgehead atoms. The zero-order chi connectivity index (χ0) is 44.5. The summed E-state index contributed by atoms with van der Waals surface area (Å²) in [7, 11) is 2.40. The van der Waals surface area contributed by atoms with E-state index in [4.69, 9.17) is 5.11 Å². The van der Waals surface area contributed by atoms with Gasteiger partial charge in [0.2, 0.25) is 0 Å². The lowest BCUT2D eigenvalue weighted by molar-refractivity contribution is -0.929. The Morgan fingerprint density at radius 1 is 0.410 bits per heavy atom. The van der Waals surface area contributed by atoms with Crippen molar-refractivity contribution in [1.82, 2.24) is 0 Å². The Morgan fingerprint density at radius 3 is 0.934 bits per heavy atom. The summed E-state index contributed by atoms with van der Waals surface area (Å²) in [5, 5.41) is 20.1. The molecule has 0 radical (unpaired) electrons. The summed E-state index contributed by atoms with van der Waals surface area (Å²) >= 11 is 0. The molecule has 0 fully saturated rings. The van der Waals surface area contributed by atoms with Gasteiger partial charge in [-0.2, -0.15) is 0 Å². The molecule has 0 saturated heterocycles. The van der Waals surface area contributed by atoms with Crippen LogP contribution in [0.15, 0.2) is 58.3 Å². The first-order valence-corrected chi connectivity index (χ1v) is 27.8. The molecule has 0 aliphatic rings. The Hall–Kier alpha value is -1.96. The van der Waals surface area contributed by atoms with Gasteiger partial charge in [0.1, 0.15) is 0 Å². The minimum absolute atomic E-state index is 0.0952. The van der Waals surface area contributed by atoms with Crippen molar-refractivity contribution in [3.8, 4) is 0 Å². The molecule has 0 amide bonds. The molecule has 0 heterocycles. The van der Waals surface area contributed by atoms with Gasteiger partial charge in [-0.3, -0.25) is 0 Å². The maximum Gasteiger partial charge on any atom is 0.336 e. The third kappa shape index (κ3) is 30.7. The highest BCUT2D eigenvalue weighted by atomic mass is 33.1. The van der Waals surface area contributed by atoms with Crippen LogP contribution < -0.4 is 5.11 Å². The molecule has 2 rings (SSSR count). The molecular formula is C54H93NO4S2. The summed E-state index contributed by atoms with van der Waals surface area (Å²) in [5.41, 5.74) is 0.286. The molecule has 0 spiro atoms. The fraction of sp³-hybridized carbons (Fsp3) is 0.741. The maximum atomic E-state index is 11.1. The number of aromatic carboxylic acids is 2. The first-order valence-electron chi connectivity index (χ1n) is 25.7. The van der Waals surface area contributed by atoms with Gasteiger partial charge >= 0.3 is 5.97 Å². The second kappa shape index (κ2) is 40.8. The second-order valence-electron chi connectivity index (χ2n) is 17.9. The molecule has 5 nitrogen and oxygen atoms in total. The highest BCUT2D eigenvalue weighted by Gasteiger charge is 2.26. The van der Waals surface area contributed by atoms with Crippen molar-refractivity contribution in [2.75, 3.05) is 26.2 Å². The number of benzene rings is 2. The number of hydrogen-bond acceptors (Lipinski definition) is 5. The van der Waals surface area contributed by atoms with Crippen LogP contribution in [0.3, 0.4) is 0 Å². The summed E-state index contributed by atoms with van der Waals surface area (Å²) in [4.78, 5) is 23.2. The van der Waals surface area contributed by atoms with Gasteiger partial charge in [0.25, 0.3) is 0 Å². The standard InChI is InChI=1S/C40H84N.C14H10O4S2/c1-5-9-13-17-21-25-29-33-37-41(38-34-30-26-22-18-14-10-6-2,39-35-31-27-23-19-15-11-7-3)40-36-32-28-24-20-16-12-8-4;15-13(16)9-5-1-3-7-11(9)19-20-12-8-4-2-6-10(12)14(17)18/h5-40H2,1-4H3;1-8H,(H,15,16)(H,17,18)/q+1;/p-1. The van der Waals surface area contributed by atoms with E-state index in [1.807, 2.05) is 0 Å². The van der Waals surface area contributed by atoms with E-state index in [1.54, 1.807) is 36.4 Å². The molecule has 0 aliphatic heterocycles. The van der Waals surface area contributed by atoms with Crippen LogP contribution in [0, 0.1) is 0 Å². The molecule has 350 valence electrons. The highest BCUT2D eigenvalue weighted by Crippen LogP contribution is 2.40. The average Bonchev–Trinajstić information content (AvgIpc) is 3.27. The number of unbranched alkanes of at least 4 members (excludes halogenated alkanes) is 28. The van der Waals surface area contributed by atoms with E-state index in [0.29, 0.717) is 9.79 Å². The normalized spacial score (nSPS) is 11.4. The first kappa shape index (κ1) is 57.1. The van der Waals surface area contributed by atoms with Gasteiger partial charge < -0.3 is 19.5 Å². The predicted molar refractivity (Wildman–Crippen MR) is 266 cm³/mol. The van der Waals surface area contributed by atoms with Crippen LogP contribution in [-0.2, 0) is 0 Å². The molecule has 1 N–H and O–H groups in total. The minimum Gasteiger partial charge on any atom is -0.545 e. The molecule has 0 saturated carbocycles. The third-order valence-electron chi connectivity index (χ3n) is 12.4. The highest BCUT2D eigenvalue weighted by molar-refractivity contribution is 8.76. The van der Waals surface area contributed by atoms with E-state index in [-0.39, 0.29) is 11.1 Å². The summed E-state index contributed by atoms with van der Waals surface area (Å²) < 4.78 is 1.48. The monoisotopic (exact) mass is 884 g/mol. The van der Waals surface area contributed by atoms with Gasteiger partial charge in [0, 0.05) is 15.4 Å². The SMILES string of the molecule is CCCCCCCCCC[N+](CCCCCCCCCC)(CCCCCCCCCC)CCCCCCCCCC.O=C([O-])c1ccccc1SSc1ccccc1C(=O)O. The Labute approximate surface area is 384 Å². The van der Waals surface area contributed by atoms with Gasteiger partial charge in [-0.15, -0.1) is 0 Å². The molecule has 0 unspecified atom stereocenters. The van der Waals surface area contributed by atoms with Crippen LogP contribution in [0.2, 0.25) is 0 Å². The van der Waals surface area contributed by atoms with Crippen molar-refractivity contribution in [1.29, 1.82) is 0 Å². The lowest BCUT2D eigenvalue weighted by atomic mass is 10.0. The number of carbonyl (C=O) groups excluding carboxylic acids is 1. The van der Waals surface area contributed by atoms with E-state index < -0.39 is 11.9 Å². The zero-order valence-electron chi connectivity index (χ0n) is 40.0. The lowest BCUT2D eigenvalue weighted by Crippen LogP contribution is -2.50. The van der Waals surface area contributed by atoms with E-state index in [0.717, 1.165) is 0 Å². The Balaban J connectivity index is 0.000000766. The Kier molecular flexibility index (Phi) is 38.2. The average molecular weight is 884 g/mol. The second-order valence-corrected chi connectivity index (χ2v) is 20.1. The van der Waals surface area contributed by atoms with E-state index >= 15 is 0 Å². The summed E-state index contributed by atoms with van der Waals surface area (Å²) in [6.07, 6.45) is 46.7. The van der Waals surface area contributed by atoms with Crippen LogP contribution in [-0.4, -0.2) is 47.7 Å². The summed E-state index contributed by atoms with van der Waals surface area (Å²) in [6, 6.07) is 13.0. The molecule has 2 aromatic carbocycles. The molecule has 61 heavy (non-hydrogen) atoms. The number of hydrogen-bond donors (Lipinski definition) is 1. The van der Waals surface area contributed by atoms with Gasteiger partial charge in [0.15, 0.2) is 0 Å². The molecule has 2 aromatic rings. The quantitative estimate of drug-likeness (QED) is 0.0407. The van der Waals surface area contributed by atoms with Gasteiger partial charge in [-0.25, -0.2) is 4.79 Å². The van der Waals surface area contributed by atoms with Gasteiger partial charge in [0.05, 0.1) is 37.7 Å². The molecule has 7 heteroatoms. The van der Waals surface area contributed by atoms with Crippen LogP contribution >= 0.6 is 21.6 Å². The molecule has 0 aliphatic carbocycles. The lowest BCUT2D eigenvalue weighted by Gasteiger charge is -2.40. The summed E-state index contributed by atoms with van der Waals surface area (Å²) in [5.74, 6) is -2.26. The topological polar surface area (TPSA) is 77.4 Å². The number of quaternary nitrogens is 1. The third-order valence-corrected chi connectivity index (χ3v) is 14.9. The smallest absolute Gasteiger partial charge is 0.336 e. The Morgan fingerprint density at radius 2 is 0.656 bits per heavy atom. The number of carboxylic acid groups (broad SMARTS) is 2. The molecule has 0 aromatic heterocycles. The molecular weight excluding hydrogens is 791 g/mol. The number of nitrogens with zero attached hydrogens (tertiary/aromatic N) is 1. The zero-order valence-corrected chi connectivity index (χ0v) is 41.6. The number of carboxylic acids is 2. The predicted octanol–water partition coefficient (Wildman–Crippen LogP) is 16.9. The minimum atomic E-state index is -1.25.